The number of anilines is 1. The molecule has 1 spiro atoms. The Bertz CT molecular complexity index is 1230. The minimum atomic E-state index is -0.687. The van der Waals surface area contributed by atoms with Crippen molar-refractivity contribution in [1.29, 1.82) is 0 Å². The number of hydrogen-bond acceptors (Lipinski definition) is 5. The van der Waals surface area contributed by atoms with Crippen LogP contribution in [-0.4, -0.2) is 67.6 Å². The number of piperidine rings is 1. The Morgan fingerprint density at radius 2 is 1.78 bits per heavy atom. The van der Waals surface area contributed by atoms with Crippen molar-refractivity contribution in [1.82, 2.24) is 15.5 Å². The molecule has 9 heteroatoms. The number of fused-ring (bicyclic) bond motifs is 1. The van der Waals surface area contributed by atoms with Gasteiger partial charge in [0.25, 0.3) is 0 Å². The average molecular weight is 563 g/mol. The minimum absolute atomic E-state index is 0.0739. The molecule has 3 aliphatic heterocycles. The van der Waals surface area contributed by atoms with Crippen molar-refractivity contribution in [3.05, 3.63) is 78.1 Å². The van der Waals surface area contributed by atoms with E-state index in [1.165, 1.54) is 12.1 Å². The number of rotatable bonds is 5. The summed E-state index contributed by atoms with van der Waals surface area (Å²) in [6.45, 7) is 2.57. The van der Waals surface area contributed by atoms with Crippen LogP contribution in [0.25, 0.3) is 0 Å². The summed E-state index contributed by atoms with van der Waals surface area (Å²) in [5.41, 5.74) is 0.945. The number of amides is 3. The second-order valence-corrected chi connectivity index (χ2v) is 11.5. The molecule has 2 aromatic carbocycles. The maximum atomic E-state index is 13.7. The highest BCUT2D eigenvalue weighted by molar-refractivity contribution is 5.92. The van der Waals surface area contributed by atoms with Gasteiger partial charge < -0.3 is 20.7 Å². The first-order valence-corrected chi connectivity index (χ1v) is 14.6. The lowest BCUT2D eigenvalue weighted by Gasteiger charge is -2.40. The molecule has 0 aliphatic carbocycles. The third-order valence-corrected chi connectivity index (χ3v) is 8.59. The Morgan fingerprint density at radius 1 is 1.02 bits per heavy atom. The van der Waals surface area contributed by atoms with Gasteiger partial charge in [0.2, 0.25) is 17.7 Å². The quantitative estimate of drug-likeness (QED) is 0.485. The van der Waals surface area contributed by atoms with Crippen LogP contribution >= 0.6 is 0 Å². The van der Waals surface area contributed by atoms with Gasteiger partial charge in [0, 0.05) is 44.5 Å². The number of allylic oxidation sites excluding steroid dienone is 2. The standard InChI is InChI=1S/C32H39FN4O4/c33-25-9-11-26(12-10-25)34-29(38)22-37-17-13-27-24(21-37)8-4-5-14-32(15-18-41-19-16-32)31(40)36-28(30(39)35-27)20-23-6-2-1-3-7-23/h1-7,9-12,24,27-28H,8,13-22H2,(H,34,38)(H,35,39)(H,36,40)/b5-4+/t24-,27+,28-/m0/s1. The smallest absolute Gasteiger partial charge is 0.243 e. The molecular formula is C32H39FN4O4. The molecule has 2 aromatic rings. The van der Waals surface area contributed by atoms with Crippen molar-refractivity contribution in [3.63, 3.8) is 0 Å². The van der Waals surface area contributed by atoms with Crippen LogP contribution in [-0.2, 0) is 25.5 Å². The van der Waals surface area contributed by atoms with Crippen LogP contribution in [0.2, 0.25) is 0 Å². The van der Waals surface area contributed by atoms with Gasteiger partial charge in [-0.25, -0.2) is 4.39 Å². The van der Waals surface area contributed by atoms with Crippen LogP contribution < -0.4 is 16.0 Å². The number of halogens is 1. The van der Waals surface area contributed by atoms with Gasteiger partial charge in [-0.2, -0.15) is 0 Å². The van der Waals surface area contributed by atoms with Gasteiger partial charge in [0.15, 0.2) is 0 Å². The molecule has 3 N–H and O–H groups in total. The van der Waals surface area contributed by atoms with Crippen LogP contribution in [0, 0.1) is 17.2 Å². The van der Waals surface area contributed by atoms with Crippen molar-refractivity contribution in [3.8, 4) is 0 Å². The van der Waals surface area contributed by atoms with Crippen molar-refractivity contribution in [2.24, 2.45) is 11.3 Å². The molecule has 2 saturated heterocycles. The molecule has 41 heavy (non-hydrogen) atoms. The zero-order valence-electron chi connectivity index (χ0n) is 23.3. The topological polar surface area (TPSA) is 99.8 Å². The molecule has 3 aliphatic rings. The third-order valence-electron chi connectivity index (χ3n) is 8.59. The van der Waals surface area contributed by atoms with Gasteiger partial charge in [-0.1, -0.05) is 42.5 Å². The van der Waals surface area contributed by atoms with E-state index in [0.717, 1.165) is 12.0 Å². The summed E-state index contributed by atoms with van der Waals surface area (Å²) in [6, 6.07) is 14.7. The first-order valence-electron chi connectivity index (χ1n) is 14.6. The highest BCUT2D eigenvalue weighted by Crippen LogP contribution is 2.36. The van der Waals surface area contributed by atoms with E-state index in [1.807, 2.05) is 30.3 Å². The molecule has 0 unspecified atom stereocenters. The maximum Gasteiger partial charge on any atom is 0.243 e. The molecule has 5 rings (SSSR count). The third kappa shape index (κ3) is 7.59. The Kier molecular flexibility index (Phi) is 9.46. The Morgan fingerprint density at radius 3 is 2.54 bits per heavy atom. The first-order chi connectivity index (χ1) is 19.9. The number of carbonyl (C=O) groups is 3. The predicted octanol–water partition coefficient (Wildman–Crippen LogP) is 3.45. The Hall–Kier alpha value is -3.56. The second kappa shape index (κ2) is 13.4. The number of likely N-dealkylation sites (tertiary alicyclic amines) is 1. The molecule has 3 amide bonds. The monoisotopic (exact) mass is 562 g/mol. The maximum absolute atomic E-state index is 13.7. The molecule has 0 saturated carbocycles. The lowest BCUT2D eigenvalue weighted by molar-refractivity contribution is -0.140. The highest BCUT2D eigenvalue weighted by Gasteiger charge is 2.41. The fraction of sp³-hybridized carbons (Fsp3) is 0.469. The summed E-state index contributed by atoms with van der Waals surface area (Å²) in [7, 11) is 0. The van der Waals surface area contributed by atoms with E-state index in [-0.39, 0.29) is 42.0 Å². The van der Waals surface area contributed by atoms with Crippen molar-refractivity contribution in [2.45, 2.75) is 50.6 Å². The largest absolute Gasteiger partial charge is 0.381 e. The number of nitrogens with one attached hydrogen (secondary N) is 3. The van der Waals surface area contributed by atoms with Gasteiger partial charge >= 0.3 is 0 Å². The molecule has 3 heterocycles. The van der Waals surface area contributed by atoms with Crippen LogP contribution in [0.1, 0.15) is 37.7 Å². The van der Waals surface area contributed by atoms with E-state index >= 15 is 0 Å². The number of ether oxygens (including phenoxy) is 1. The summed E-state index contributed by atoms with van der Waals surface area (Å²) in [4.78, 5) is 42.2. The van der Waals surface area contributed by atoms with E-state index in [4.69, 9.17) is 4.74 Å². The fourth-order valence-electron chi connectivity index (χ4n) is 6.14. The molecule has 0 bridgehead atoms. The summed E-state index contributed by atoms with van der Waals surface area (Å²) in [6.07, 6.45) is 7.91. The van der Waals surface area contributed by atoms with Crippen LogP contribution in [0.15, 0.2) is 66.7 Å². The molecule has 2 fully saturated rings. The van der Waals surface area contributed by atoms with Crippen LogP contribution in [0.5, 0.6) is 0 Å². The Balaban J connectivity index is 1.31. The van der Waals surface area contributed by atoms with E-state index in [2.05, 4.69) is 33.0 Å². The average Bonchev–Trinajstić information content (AvgIpc) is 2.98. The summed E-state index contributed by atoms with van der Waals surface area (Å²) in [5, 5.41) is 9.22. The zero-order valence-corrected chi connectivity index (χ0v) is 23.3. The van der Waals surface area contributed by atoms with Gasteiger partial charge in [-0.3, -0.25) is 19.3 Å². The summed E-state index contributed by atoms with van der Waals surface area (Å²) in [5.74, 6) is -0.654. The first kappa shape index (κ1) is 29.0. The SMILES string of the molecule is O=C(CN1CC[C@H]2NC(=O)[C@H](Cc3ccccc3)NC(=O)C3(C/C=C/C[C@H]2C1)CCOCC3)Nc1ccc(F)cc1. The zero-order chi connectivity index (χ0) is 28.7. The van der Waals surface area contributed by atoms with Crippen LogP contribution in [0.3, 0.4) is 0 Å². The number of hydrogen-bond donors (Lipinski definition) is 3. The molecule has 3 atom stereocenters. The van der Waals surface area contributed by atoms with Gasteiger partial charge in [-0.05, 0) is 67.9 Å². The van der Waals surface area contributed by atoms with Gasteiger partial charge in [0.1, 0.15) is 11.9 Å². The van der Waals surface area contributed by atoms with Crippen molar-refractivity contribution >= 4 is 23.4 Å². The second-order valence-electron chi connectivity index (χ2n) is 11.5. The predicted molar refractivity (Wildman–Crippen MR) is 154 cm³/mol. The minimum Gasteiger partial charge on any atom is -0.381 e. The lowest BCUT2D eigenvalue weighted by Crippen LogP contribution is -2.58. The number of carbonyl (C=O) groups excluding carboxylic acids is 3. The normalized spacial score (nSPS) is 26.0. The molecule has 0 radical (unpaired) electrons. The van der Waals surface area contributed by atoms with Crippen molar-refractivity contribution in [2.75, 3.05) is 38.2 Å². The molecule has 8 nitrogen and oxygen atoms in total. The van der Waals surface area contributed by atoms with E-state index in [0.29, 0.717) is 64.1 Å². The van der Waals surface area contributed by atoms with E-state index in [1.54, 1.807) is 12.1 Å². The van der Waals surface area contributed by atoms with E-state index < -0.39 is 11.5 Å². The lowest BCUT2D eigenvalue weighted by atomic mass is 9.75. The van der Waals surface area contributed by atoms with Crippen molar-refractivity contribution < 1.29 is 23.5 Å². The van der Waals surface area contributed by atoms with Gasteiger partial charge in [0.05, 0.1) is 12.0 Å². The number of nitrogens with zero attached hydrogens (tertiary/aromatic N) is 1. The van der Waals surface area contributed by atoms with E-state index in [9.17, 15) is 18.8 Å². The van der Waals surface area contributed by atoms with Crippen LogP contribution in [0.4, 0.5) is 10.1 Å². The highest BCUT2D eigenvalue weighted by atomic mass is 19.1. The molecule has 218 valence electrons. The molecule has 0 aromatic heterocycles. The molecular weight excluding hydrogens is 523 g/mol. The Labute approximate surface area is 240 Å². The fourth-order valence-corrected chi connectivity index (χ4v) is 6.14. The summed E-state index contributed by atoms with van der Waals surface area (Å²) >= 11 is 0. The number of benzene rings is 2. The van der Waals surface area contributed by atoms with Gasteiger partial charge in [-0.15, -0.1) is 0 Å². The summed E-state index contributed by atoms with van der Waals surface area (Å²) < 4.78 is 18.8.